The summed E-state index contributed by atoms with van der Waals surface area (Å²) in [5, 5.41) is 4.43. The highest BCUT2D eigenvalue weighted by molar-refractivity contribution is 6.30. The van der Waals surface area contributed by atoms with Crippen LogP contribution in [0, 0.1) is 0 Å². The third kappa shape index (κ3) is 6.72. The van der Waals surface area contributed by atoms with E-state index in [2.05, 4.69) is 10.5 Å². The van der Waals surface area contributed by atoms with Crippen LogP contribution in [-0.2, 0) is 4.79 Å². The van der Waals surface area contributed by atoms with Crippen molar-refractivity contribution in [1.82, 2.24) is 5.43 Å². The van der Waals surface area contributed by atoms with Crippen LogP contribution in [0.3, 0.4) is 0 Å². The van der Waals surface area contributed by atoms with E-state index in [9.17, 15) is 9.59 Å². The highest BCUT2D eigenvalue weighted by Crippen LogP contribution is 2.28. The molecule has 8 nitrogen and oxygen atoms in total. The van der Waals surface area contributed by atoms with Crippen LogP contribution in [0.5, 0.6) is 23.0 Å². The predicted molar refractivity (Wildman–Crippen MR) is 124 cm³/mol. The molecule has 170 valence electrons. The summed E-state index contributed by atoms with van der Waals surface area (Å²) < 4.78 is 21.3. The summed E-state index contributed by atoms with van der Waals surface area (Å²) in [5.41, 5.74) is 3.34. The number of amides is 1. The molecule has 0 aromatic heterocycles. The van der Waals surface area contributed by atoms with Crippen LogP contribution >= 0.6 is 11.6 Å². The van der Waals surface area contributed by atoms with Crippen molar-refractivity contribution in [1.29, 1.82) is 0 Å². The normalized spacial score (nSPS) is 10.5. The van der Waals surface area contributed by atoms with E-state index in [1.165, 1.54) is 20.4 Å². The van der Waals surface area contributed by atoms with Gasteiger partial charge in [-0.3, -0.25) is 4.79 Å². The van der Waals surface area contributed by atoms with E-state index >= 15 is 0 Å². The quantitative estimate of drug-likeness (QED) is 0.220. The molecule has 1 N–H and O–H groups in total. The minimum absolute atomic E-state index is 0.235. The highest BCUT2D eigenvalue weighted by atomic mass is 35.5. The standard InChI is InChI=1S/C24H21ClN2O6/c1-30-19-5-3-4-6-20(19)32-15-23(28)27-26-14-16-7-12-21(22(13-16)31-2)33-24(29)17-8-10-18(25)11-9-17/h3-14H,15H2,1-2H3,(H,27,28). The van der Waals surface area contributed by atoms with Gasteiger partial charge in [0.15, 0.2) is 29.6 Å². The Labute approximate surface area is 195 Å². The van der Waals surface area contributed by atoms with Gasteiger partial charge in [-0.05, 0) is 60.2 Å². The zero-order chi connectivity index (χ0) is 23.6. The third-order valence-electron chi connectivity index (χ3n) is 4.30. The van der Waals surface area contributed by atoms with Crippen molar-refractivity contribution in [2.45, 2.75) is 0 Å². The van der Waals surface area contributed by atoms with Gasteiger partial charge in [0.2, 0.25) is 0 Å². The van der Waals surface area contributed by atoms with E-state index < -0.39 is 11.9 Å². The number of esters is 1. The first-order chi connectivity index (χ1) is 16.0. The van der Waals surface area contributed by atoms with Crippen LogP contribution in [0.2, 0.25) is 5.02 Å². The van der Waals surface area contributed by atoms with E-state index in [0.29, 0.717) is 33.4 Å². The average Bonchev–Trinajstić information content (AvgIpc) is 2.84. The number of ether oxygens (including phenoxy) is 4. The number of benzene rings is 3. The lowest BCUT2D eigenvalue weighted by atomic mass is 10.2. The maximum absolute atomic E-state index is 12.3. The molecule has 0 fully saturated rings. The number of halogens is 1. The van der Waals surface area contributed by atoms with Gasteiger partial charge < -0.3 is 18.9 Å². The lowest BCUT2D eigenvalue weighted by molar-refractivity contribution is -0.123. The molecule has 0 saturated carbocycles. The fourth-order valence-corrected chi connectivity index (χ4v) is 2.81. The number of carbonyl (C=O) groups is 2. The molecule has 0 saturated heterocycles. The predicted octanol–water partition coefficient (Wildman–Crippen LogP) is 4.11. The molecule has 33 heavy (non-hydrogen) atoms. The summed E-state index contributed by atoms with van der Waals surface area (Å²) in [6.45, 7) is -0.235. The second kappa shape index (κ2) is 11.5. The largest absolute Gasteiger partial charge is 0.493 e. The smallest absolute Gasteiger partial charge is 0.343 e. The maximum atomic E-state index is 12.3. The summed E-state index contributed by atoms with van der Waals surface area (Å²) >= 11 is 5.84. The molecule has 0 aliphatic carbocycles. The first-order valence-corrected chi connectivity index (χ1v) is 10.1. The number of carbonyl (C=O) groups excluding carboxylic acids is 2. The number of hydrogen-bond donors (Lipinski definition) is 1. The number of hydrogen-bond acceptors (Lipinski definition) is 7. The Morgan fingerprint density at radius 3 is 2.30 bits per heavy atom. The third-order valence-corrected chi connectivity index (χ3v) is 4.55. The van der Waals surface area contributed by atoms with Crippen molar-refractivity contribution >= 4 is 29.7 Å². The zero-order valence-electron chi connectivity index (χ0n) is 17.9. The van der Waals surface area contributed by atoms with Gasteiger partial charge in [-0.1, -0.05) is 23.7 Å². The molecule has 0 spiro atoms. The van der Waals surface area contributed by atoms with Crippen molar-refractivity contribution in [3.8, 4) is 23.0 Å². The lowest BCUT2D eigenvalue weighted by Crippen LogP contribution is -2.24. The van der Waals surface area contributed by atoms with Gasteiger partial charge in [0.1, 0.15) is 0 Å². The Balaban J connectivity index is 1.56. The molecule has 0 radical (unpaired) electrons. The molecule has 3 rings (SSSR count). The van der Waals surface area contributed by atoms with Crippen LogP contribution in [0.1, 0.15) is 15.9 Å². The van der Waals surface area contributed by atoms with Crippen molar-refractivity contribution in [2.75, 3.05) is 20.8 Å². The van der Waals surface area contributed by atoms with Gasteiger partial charge in [-0.25, -0.2) is 10.2 Å². The molecule has 0 aliphatic rings. The van der Waals surface area contributed by atoms with E-state index in [1.54, 1.807) is 66.7 Å². The Morgan fingerprint density at radius 2 is 1.61 bits per heavy atom. The van der Waals surface area contributed by atoms with Crippen molar-refractivity contribution in [2.24, 2.45) is 5.10 Å². The summed E-state index contributed by atoms with van der Waals surface area (Å²) in [6.07, 6.45) is 1.42. The minimum Gasteiger partial charge on any atom is -0.493 e. The molecule has 3 aromatic carbocycles. The van der Waals surface area contributed by atoms with Gasteiger partial charge in [0.25, 0.3) is 5.91 Å². The Bertz CT molecular complexity index is 1150. The molecular weight excluding hydrogens is 448 g/mol. The molecule has 9 heteroatoms. The number of rotatable bonds is 9. The molecule has 3 aromatic rings. The van der Waals surface area contributed by atoms with Gasteiger partial charge in [0.05, 0.1) is 26.0 Å². The summed E-state index contributed by atoms with van der Waals surface area (Å²) in [7, 11) is 2.97. The number of methoxy groups -OCH3 is 2. The molecule has 0 aliphatic heterocycles. The number of nitrogens with one attached hydrogen (secondary N) is 1. The van der Waals surface area contributed by atoms with E-state index in [4.69, 9.17) is 30.5 Å². The van der Waals surface area contributed by atoms with Crippen molar-refractivity contribution in [3.63, 3.8) is 0 Å². The Kier molecular flexibility index (Phi) is 8.26. The zero-order valence-corrected chi connectivity index (χ0v) is 18.7. The van der Waals surface area contributed by atoms with E-state index in [-0.39, 0.29) is 12.4 Å². The molecule has 0 atom stereocenters. The monoisotopic (exact) mass is 468 g/mol. The first kappa shape index (κ1) is 23.6. The van der Waals surface area contributed by atoms with Gasteiger partial charge in [-0.2, -0.15) is 5.10 Å². The first-order valence-electron chi connectivity index (χ1n) is 9.73. The molecular formula is C24H21ClN2O6. The minimum atomic E-state index is -0.548. The lowest BCUT2D eigenvalue weighted by Gasteiger charge is -2.10. The number of hydrazone groups is 1. The van der Waals surface area contributed by atoms with Crippen LogP contribution in [-0.4, -0.2) is 38.9 Å². The van der Waals surface area contributed by atoms with Gasteiger partial charge in [0, 0.05) is 5.02 Å². The second-order valence-electron chi connectivity index (χ2n) is 6.54. The summed E-state index contributed by atoms with van der Waals surface area (Å²) in [5.74, 6) is 0.549. The Hall–Kier alpha value is -4.04. The van der Waals surface area contributed by atoms with Crippen molar-refractivity contribution in [3.05, 3.63) is 82.9 Å². The Morgan fingerprint density at radius 1 is 0.909 bits per heavy atom. The van der Waals surface area contributed by atoms with E-state index in [0.717, 1.165) is 0 Å². The van der Waals surface area contributed by atoms with Crippen LogP contribution < -0.4 is 24.4 Å². The number of nitrogens with zero attached hydrogens (tertiary/aromatic N) is 1. The van der Waals surface area contributed by atoms with Crippen LogP contribution in [0.25, 0.3) is 0 Å². The molecule has 0 bridgehead atoms. The fourth-order valence-electron chi connectivity index (χ4n) is 2.69. The SMILES string of the molecule is COc1ccccc1OCC(=O)NN=Cc1ccc(OC(=O)c2ccc(Cl)cc2)c(OC)c1. The van der Waals surface area contributed by atoms with Crippen LogP contribution in [0.4, 0.5) is 0 Å². The molecule has 0 heterocycles. The van der Waals surface area contributed by atoms with Crippen LogP contribution in [0.15, 0.2) is 71.8 Å². The molecule has 0 unspecified atom stereocenters. The summed E-state index contributed by atoms with van der Waals surface area (Å²) in [4.78, 5) is 24.3. The number of para-hydroxylation sites is 2. The van der Waals surface area contributed by atoms with Crippen molar-refractivity contribution < 1.29 is 28.5 Å². The second-order valence-corrected chi connectivity index (χ2v) is 6.98. The van der Waals surface area contributed by atoms with E-state index in [1.807, 2.05) is 0 Å². The molecule has 1 amide bonds. The summed E-state index contributed by atoms with van der Waals surface area (Å²) in [6, 6.07) is 18.2. The topological polar surface area (TPSA) is 95.5 Å². The van der Waals surface area contributed by atoms with Gasteiger partial charge >= 0.3 is 5.97 Å². The average molecular weight is 469 g/mol. The highest BCUT2D eigenvalue weighted by Gasteiger charge is 2.13. The fraction of sp³-hybridized carbons (Fsp3) is 0.125. The van der Waals surface area contributed by atoms with Gasteiger partial charge in [-0.15, -0.1) is 0 Å². The maximum Gasteiger partial charge on any atom is 0.343 e.